The monoisotopic (exact) mass is 233 g/mol. The molecule has 3 nitrogen and oxygen atoms in total. The highest BCUT2D eigenvalue weighted by Crippen LogP contribution is 2.30. The molecule has 0 saturated heterocycles. The Labute approximate surface area is 98.9 Å². The second-order valence-electron chi connectivity index (χ2n) is 3.92. The normalized spacial score (nSPS) is 19.4. The summed E-state index contributed by atoms with van der Waals surface area (Å²) in [7, 11) is 0. The van der Waals surface area contributed by atoms with Crippen LogP contribution in [0.15, 0.2) is 30.6 Å². The van der Waals surface area contributed by atoms with Crippen LogP contribution in [0.25, 0.3) is 0 Å². The van der Waals surface area contributed by atoms with Crippen molar-refractivity contribution in [3.63, 3.8) is 0 Å². The zero-order chi connectivity index (χ0) is 11.0. The molecule has 1 aromatic carbocycles. The number of aromatic amines is 1. The number of rotatable bonds is 1. The molecule has 2 heterocycles. The Morgan fingerprint density at radius 3 is 3.06 bits per heavy atom. The summed E-state index contributed by atoms with van der Waals surface area (Å²) in [5.74, 6) is 0. The highest BCUT2D eigenvalue weighted by atomic mass is 35.5. The molecule has 0 spiro atoms. The summed E-state index contributed by atoms with van der Waals surface area (Å²) in [5, 5.41) is 4.24. The number of hydrogen-bond donors (Lipinski definition) is 2. The van der Waals surface area contributed by atoms with Gasteiger partial charge in [-0.1, -0.05) is 29.8 Å². The molecular weight excluding hydrogens is 222 g/mol. The van der Waals surface area contributed by atoms with Crippen LogP contribution in [-0.4, -0.2) is 16.5 Å². The van der Waals surface area contributed by atoms with Crippen molar-refractivity contribution in [1.82, 2.24) is 15.3 Å². The zero-order valence-electron chi connectivity index (χ0n) is 8.70. The molecule has 1 aromatic heterocycles. The average Bonchev–Trinajstić information content (AvgIpc) is 2.77. The van der Waals surface area contributed by atoms with Crippen LogP contribution in [0.1, 0.15) is 23.0 Å². The molecule has 2 aromatic rings. The predicted octanol–water partition coefficient (Wildman–Crippen LogP) is 2.30. The molecule has 1 unspecified atom stereocenters. The van der Waals surface area contributed by atoms with E-state index in [4.69, 9.17) is 11.6 Å². The Morgan fingerprint density at radius 1 is 1.31 bits per heavy atom. The number of benzene rings is 1. The Balaban J connectivity index is 2.08. The topological polar surface area (TPSA) is 40.7 Å². The van der Waals surface area contributed by atoms with Gasteiger partial charge in [-0.25, -0.2) is 4.98 Å². The molecule has 1 atom stereocenters. The second kappa shape index (κ2) is 3.92. The molecule has 0 aliphatic carbocycles. The van der Waals surface area contributed by atoms with Crippen molar-refractivity contribution < 1.29 is 0 Å². The first-order valence-electron chi connectivity index (χ1n) is 5.36. The van der Waals surface area contributed by atoms with E-state index in [1.54, 1.807) is 6.33 Å². The van der Waals surface area contributed by atoms with Gasteiger partial charge in [0.05, 0.1) is 18.1 Å². The minimum absolute atomic E-state index is 0.115. The highest BCUT2D eigenvalue weighted by molar-refractivity contribution is 6.31. The summed E-state index contributed by atoms with van der Waals surface area (Å²) < 4.78 is 0. The fourth-order valence-corrected chi connectivity index (χ4v) is 2.43. The molecule has 0 bridgehead atoms. The number of imidazole rings is 1. The predicted molar refractivity (Wildman–Crippen MR) is 63.6 cm³/mol. The van der Waals surface area contributed by atoms with Gasteiger partial charge in [0, 0.05) is 23.7 Å². The maximum atomic E-state index is 6.21. The summed E-state index contributed by atoms with van der Waals surface area (Å²) >= 11 is 6.21. The van der Waals surface area contributed by atoms with Gasteiger partial charge in [0.2, 0.25) is 0 Å². The second-order valence-corrected chi connectivity index (χ2v) is 4.33. The molecule has 0 amide bonds. The Kier molecular flexibility index (Phi) is 2.42. The molecule has 2 N–H and O–H groups in total. The van der Waals surface area contributed by atoms with Crippen molar-refractivity contribution in [2.75, 3.05) is 6.54 Å². The van der Waals surface area contributed by atoms with Gasteiger partial charge in [-0.3, -0.25) is 0 Å². The van der Waals surface area contributed by atoms with Crippen LogP contribution in [0, 0.1) is 0 Å². The van der Waals surface area contributed by atoms with Crippen LogP contribution in [-0.2, 0) is 6.42 Å². The van der Waals surface area contributed by atoms with E-state index in [0.717, 1.165) is 29.2 Å². The third-order valence-corrected chi connectivity index (χ3v) is 3.31. The molecule has 0 radical (unpaired) electrons. The van der Waals surface area contributed by atoms with E-state index in [2.05, 4.69) is 15.3 Å². The van der Waals surface area contributed by atoms with E-state index in [1.807, 2.05) is 24.3 Å². The first-order valence-corrected chi connectivity index (χ1v) is 5.74. The standard InChI is InChI=1S/C12H12ClN3/c13-9-4-2-1-3-8(9)11-12-10(5-6-14-11)15-7-16-12/h1-4,7,11,14H,5-6H2,(H,15,16). The van der Waals surface area contributed by atoms with Crippen molar-refractivity contribution >= 4 is 11.6 Å². The quantitative estimate of drug-likeness (QED) is 0.794. The lowest BCUT2D eigenvalue weighted by atomic mass is 9.98. The summed E-state index contributed by atoms with van der Waals surface area (Å²) in [6.07, 6.45) is 2.75. The van der Waals surface area contributed by atoms with Gasteiger partial charge in [0.15, 0.2) is 0 Å². The maximum Gasteiger partial charge on any atom is 0.0926 e. The number of nitrogens with zero attached hydrogens (tertiary/aromatic N) is 1. The van der Waals surface area contributed by atoms with Gasteiger partial charge < -0.3 is 10.3 Å². The third kappa shape index (κ3) is 1.52. The number of aromatic nitrogens is 2. The maximum absolute atomic E-state index is 6.21. The Morgan fingerprint density at radius 2 is 2.19 bits per heavy atom. The van der Waals surface area contributed by atoms with E-state index in [9.17, 15) is 0 Å². The first kappa shape index (κ1) is 9.87. The largest absolute Gasteiger partial charge is 0.348 e. The molecule has 1 aliphatic rings. The van der Waals surface area contributed by atoms with E-state index < -0.39 is 0 Å². The Hall–Kier alpha value is -1.32. The van der Waals surface area contributed by atoms with E-state index in [0.29, 0.717) is 0 Å². The smallest absolute Gasteiger partial charge is 0.0926 e. The molecule has 4 heteroatoms. The SMILES string of the molecule is Clc1ccccc1C1NCCc2[nH]cnc21. The minimum Gasteiger partial charge on any atom is -0.348 e. The van der Waals surface area contributed by atoms with Crippen LogP contribution in [0.2, 0.25) is 5.02 Å². The van der Waals surface area contributed by atoms with Gasteiger partial charge >= 0.3 is 0 Å². The first-order chi connectivity index (χ1) is 7.86. The van der Waals surface area contributed by atoms with Crippen LogP contribution in [0.5, 0.6) is 0 Å². The molecule has 0 saturated carbocycles. The summed E-state index contributed by atoms with van der Waals surface area (Å²) in [6, 6.07) is 8.02. The van der Waals surface area contributed by atoms with Gasteiger partial charge in [-0.2, -0.15) is 0 Å². The van der Waals surface area contributed by atoms with E-state index in [1.165, 1.54) is 5.69 Å². The van der Waals surface area contributed by atoms with Crippen LogP contribution >= 0.6 is 11.6 Å². The van der Waals surface area contributed by atoms with Crippen molar-refractivity contribution in [2.45, 2.75) is 12.5 Å². The number of hydrogen-bond acceptors (Lipinski definition) is 2. The van der Waals surface area contributed by atoms with Gasteiger partial charge in [0.1, 0.15) is 0 Å². The Bertz CT molecular complexity index is 506. The number of halogens is 1. The lowest BCUT2D eigenvalue weighted by molar-refractivity contribution is 0.553. The molecule has 0 fully saturated rings. The lowest BCUT2D eigenvalue weighted by Crippen LogP contribution is -2.30. The third-order valence-electron chi connectivity index (χ3n) is 2.96. The van der Waals surface area contributed by atoms with Crippen molar-refractivity contribution in [1.29, 1.82) is 0 Å². The summed E-state index contributed by atoms with van der Waals surface area (Å²) in [6.45, 7) is 0.949. The molecule has 16 heavy (non-hydrogen) atoms. The van der Waals surface area contributed by atoms with Crippen LogP contribution < -0.4 is 5.32 Å². The van der Waals surface area contributed by atoms with Gasteiger partial charge in [-0.15, -0.1) is 0 Å². The number of H-pyrrole nitrogens is 1. The van der Waals surface area contributed by atoms with E-state index in [-0.39, 0.29) is 6.04 Å². The van der Waals surface area contributed by atoms with Crippen molar-refractivity contribution in [3.05, 3.63) is 52.6 Å². The highest BCUT2D eigenvalue weighted by Gasteiger charge is 2.24. The molecule has 82 valence electrons. The summed E-state index contributed by atoms with van der Waals surface area (Å²) in [5.41, 5.74) is 3.38. The van der Waals surface area contributed by atoms with Crippen LogP contribution in [0.4, 0.5) is 0 Å². The van der Waals surface area contributed by atoms with E-state index >= 15 is 0 Å². The van der Waals surface area contributed by atoms with Crippen LogP contribution in [0.3, 0.4) is 0 Å². The average molecular weight is 234 g/mol. The number of nitrogens with one attached hydrogen (secondary N) is 2. The lowest BCUT2D eigenvalue weighted by Gasteiger charge is -2.24. The van der Waals surface area contributed by atoms with Crippen molar-refractivity contribution in [3.8, 4) is 0 Å². The fourth-order valence-electron chi connectivity index (χ4n) is 2.19. The number of fused-ring (bicyclic) bond motifs is 1. The minimum atomic E-state index is 0.115. The van der Waals surface area contributed by atoms with Crippen molar-refractivity contribution in [2.24, 2.45) is 0 Å². The fraction of sp³-hybridized carbons (Fsp3) is 0.250. The molecular formula is C12H12ClN3. The zero-order valence-corrected chi connectivity index (χ0v) is 9.46. The van der Waals surface area contributed by atoms with Gasteiger partial charge in [-0.05, 0) is 11.6 Å². The summed E-state index contributed by atoms with van der Waals surface area (Å²) in [4.78, 5) is 7.56. The molecule has 3 rings (SSSR count). The van der Waals surface area contributed by atoms with Gasteiger partial charge in [0.25, 0.3) is 0 Å². The molecule has 1 aliphatic heterocycles.